The van der Waals surface area contributed by atoms with Crippen LogP contribution < -0.4 is 0 Å². The summed E-state index contributed by atoms with van der Waals surface area (Å²) in [7, 11) is 0. The summed E-state index contributed by atoms with van der Waals surface area (Å²) in [5.74, 6) is -0.396. The molecule has 62 valence electrons. The highest BCUT2D eigenvalue weighted by Gasteiger charge is 2.06. The van der Waals surface area contributed by atoms with Crippen molar-refractivity contribution in [2.75, 3.05) is 0 Å². The van der Waals surface area contributed by atoms with Crippen molar-refractivity contribution < 1.29 is 13.9 Å². The van der Waals surface area contributed by atoms with Crippen LogP contribution in [0, 0.1) is 5.82 Å². The fraction of sp³-hybridized carbons (Fsp3) is 0.111. The first-order valence-corrected chi connectivity index (χ1v) is 3.58. The molecule has 0 radical (unpaired) electrons. The molecule has 0 unspecified atom stereocenters. The molecule has 2 rings (SSSR count). The van der Waals surface area contributed by atoms with Crippen molar-refractivity contribution in [3.63, 3.8) is 0 Å². The van der Waals surface area contributed by atoms with Gasteiger partial charge in [-0.1, -0.05) is 6.07 Å². The van der Waals surface area contributed by atoms with E-state index in [1.807, 2.05) is 0 Å². The van der Waals surface area contributed by atoms with E-state index >= 15 is 0 Å². The maximum Gasteiger partial charge on any atom is 0.169 e. The molecule has 3 heteroatoms. The fourth-order valence-electron chi connectivity index (χ4n) is 1.22. The summed E-state index contributed by atoms with van der Waals surface area (Å²) in [5.41, 5.74) is 0.890. The van der Waals surface area contributed by atoms with Crippen LogP contribution in [0.1, 0.15) is 5.56 Å². The summed E-state index contributed by atoms with van der Waals surface area (Å²) >= 11 is 0. The Morgan fingerprint density at radius 2 is 2.17 bits per heavy atom. The Morgan fingerprint density at radius 1 is 1.33 bits per heavy atom. The minimum Gasteiger partial charge on any atom is -0.461 e. The summed E-state index contributed by atoms with van der Waals surface area (Å²) in [6, 6.07) is 4.48. The maximum atomic E-state index is 13.0. The summed E-state index contributed by atoms with van der Waals surface area (Å²) in [4.78, 5) is 0. The van der Waals surface area contributed by atoms with Crippen molar-refractivity contribution in [1.82, 2.24) is 0 Å². The highest BCUT2D eigenvalue weighted by molar-refractivity contribution is 5.81. The van der Waals surface area contributed by atoms with Crippen LogP contribution in [0.2, 0.25) is 0 Å². The van der Waals surface area contributed by atoms with Gasteiger partial charge in [0.05, 0.1) is 12.9 Å². The number of aliphatic hydroxyl groups is 1. The minimum atomic E-state index is -0.396. The zero-order chi connectivity index (χ0) is 8.55. The smallest absolute Gasteiger partial charge is 0.169 e. The summed E-state index contributed by atoms with van der Waals surface area (Å²) in [6.07, 6.45) is 1.41. The van der Waals surface area contributed by atoms with Crippen LogP contribution in [0.4, 0.5) is 4.39 Å². The second-order valence-electron chi connectivity index (χ2n) is 2.53. The number of furan rings is 1. The van der Waals surface area contributed by atoms with Gasteiger partial charge in [-0.3, -0.25) is 0 Å². The lowest BCUT2D eigenvalue weighted by molar-refractivity contribution is 0.283. The van der Waals surface area contributed by atoms with Crippen LogP contribution in [0.3, 0.4) is 0 Å². The van der Waals surface area contributed by atoms with E-state index in [4.69, 9.17) is 9.52 Å². The van der Waals surface area contributed by atoms with Gasteiger partial charge in [0.1, 0.15) is 0 Å². The monoisotopic (exact) mass is 166 g/mol. The number of fused-ring (bicyclic) bond motifs is 1. The van der Waals surface area contributed by atoms with E-state index in [9.17, 15) is 4.39 Å². The summed E-state index contributed by atoms with van der Waals surface area (Å²) in [6.45, 7) is -0.101. The summed E-state index contributed by atoms with van der Waals surface area (Å²) < 4.78 is 17.9. The van der Waals surface area contributed by atoms with Crippen LogP contribution in [-0.2, 0) is 6.61 Å². The van der Waals surface area contributed by atoms with Crippen molar-refractivity contribution in [2.24, 2.45) is 0 Å². The van der Waals surface area contributed by atoms with Gasteiger partial charge < -0.3 is 9.52 Å². The average Bonchev–Trinajstić information content (AvgIpc) is 2.54. The van der Waals surface area contributed by atoms with Crippen molar-refractivity contribution in [3.8, 4) is 0 Å². The van der Waals surface area contributed by atoms with Gasteiger partial charge in [-0.25, -0.2) is 4.39 Å². The van der Waals surface area contributed by atoms with E-state index in [0.717, 1.165) is 0 Å². The second kappa shape index (κ2) is 2.60. The highest BCUT2D eigenvalue weighted by atomic mass is 19.1. The zero-order valence-corrected chi connectivity index (χ0v) is 6.25. The van der Waals surface area contributed by atoms with Gasteiger partial charge in [0.15, 0.2) is 11.4 Å². The van der Waals surface area contributed by atoms with Gasteiger partial charge in [0, 0.05) is 5.39 Å². The van der Waals surface area contributed by atoms with Gasteiger partial charge >= 0.3 is 0 Å². The lowest BCUT2D eigenvalue weighted by atomic mass is 10.1. The third kappa shape index (κ3) is 0.905. The molecule has 0 fully saturated rings. The molecule has 1 aromatic heterocycles. The molecule has 0 saturated heterocycles. The highest BCUT2D eigenvalue weighted by Crippen LogP contribution is 2.22. The molecule has 1 N–H and O–H groups in total. The van der Waals surface area contributed by atoms with E-state index in [1.165, 1.54) is 12.3 Å². The SMILES string of the molecule is OCc1ccc(F)c2occc12. The largest absolute Gasteiger partial charge is 0.461 e. The van der Waals surface area contributed by atoms with Crippen molar-refractivity contribution in [1.29, 1.82) is 0 Å². The molecule has 0 spiro atoms. The molecule has 0 atom stereocenters. The average molecular weight is 166 g/mol. The third-order valence-corrected chi connectivity index (χ3v) is 1.83. The maximum absolute atomic E-state index is 13.0. The molecule has 0 aliphatic heterocycles. The normalized spacial score (nSPS) is 10.8. The molecule has 0 bridgehead atoms. The number of halogens is 1. The second-order valence-corrected chi connectivity index (χ2v) is 2.53. The topological polar surface area (TPSA) is 33.4 Å². The van der Waals surface area contributed by atoms with Gasteiger partial charge in [-0.2, -0.15) is 0 Å². The summed E-state index contributed by atoms with van der Waals surface area (Å²) in [5, 5.41) is 9.52. The van der Waals surface area contributed by atoms with Gasteiger partial charge in [0.25, 0.3) is 0 Å². The third-order valence-electron chi connectivity index (χ3n) is 1.83. The number of rotatable bonds is 1. The predicted octanol–water partition coefficient (Wildman–Crippen LogP) is 2.06. The molecule has 2 nitrogen and oxygen atoms in total. The van der Waals surface area contributed by atoms with Crippen LogP contribution in [0.15, 0.2) is 28.9 Å². The molecule has 0 aliphatic rings. The quantitative estimate of drug-likeness (QED) is 0.703. The Bertz CT molecular complexity index is 406. The molecule has 0 aliphatic carbocycles. The molecular formula is C9H7FO2. The van der Waals surface area contributed by atoms with Crippen LogP contribution in [-0.4, -0.2) is 5.11 Å². The molecule has 0 amide bonds. The first-order chi connectivity index (χ1) is 5.83. The molecule has 2 aromatic rings. The van der Waals surface area contributed by atoms with Gasteiger partial charge in [-0.05, 0) is 17.7 Å². The lowest BCUT2D eigenvalue weighted by Gasteiger charge is -1.97. The van der Waals surface area contributed by atoms with Crippen molar-refractivity contribution in [2.45, 2.75) is 6.61 Å². The standard InChI is InChI=1S/C9H7FO2/c10-8-2-1-6(5-11)7-3-4-12-9(7)8/h1-4,11H,5H2. The van der Waals surface area contributed by atoms with E-state index in [2.05, 4.69) is 0 Å². The van der Waals surface area contributed by atoms with Crippen LogP contribution in [0.5, 0.6) is 0 Å². The lowest BCUT2D eigenvalue weighted by Crippen LogP contribution is -1.85. The van der Waals surface area contributed by atoms with Gasteiger partial charge in [-0.15, -0.1) is 0 Å². The Kier molecular flexibility index (Phi) is 1.59. The van der Waals surface area contributed by atoms with Crippen LogP contribution >= 0.6 is 0 Å². The Morgan fingerprint density at radius 3 is 2.92 bits per heavy atom. The first-order valence-electron chi connectivity index (χ1n) is 3.58. The van der Waals surface area contributed by atoms with Gasteiger partial charge in [0.2, 0.25) is 0 Å². The number of hydrogen-bond donors (Lipinski definition) is 1. The predicted molar refractivity (Wildman–Crippen MR) is 42.1 cm³/mol. The molecule has 0 saturated carbocycles. The van der Waals surface area contributed by atoms with E-state index in [1.54, 1.807) is 12.1 Å². The number of aliphatic hydroxyl groups excluding tert-OH is 1. The fourth-order valence-corrected chi connectivity index (χ4v) is 1.22. The van der Waals surface area contributed by atoms with E-state index in [-0.39, 0.29) is 12.2 Å². The Labute approximate surface area is 68.2 Å². The first kappa shape index (κ1) is 7.31. The molecule has 12 heavy (non-hydrogen) atoms. The van der Waals surface area contributed by atoms with E-state index in [0.29, 0.717) is 10.9 Å². The molecular weight excluding hydrogens is 159 g/mol. The Hall–Kier alpha value is -1.35. The van der Waals surface area contributed by atoms with E-state index < -0.39 is 5.82 Å². The van der Waals surface area contributed by atoms with Crippen LogP contribution in [0.25, 0.3) is 11.0 Å². The Balaban J connectivity index is 2.82. The number of benzene rings is 1. The molecule has 1 heterocycles. The van der Waals surface area contributed by atoms with Crippen molar-refractivity contribution >= 4 is 11.0 Å². The minimum absolute atomic E-state index is 0.101. The number of hydrogen-bond acceptors (Lipinski definition) is 2. The zero-order valence-electron chi connectivity index (χ0n) is 6.25. The van der Waals surface area contributed by atoms with Crippen molar-refractivity contribution in [3.05, 3.63) is 35.8 Å². The molecule has 1 aromatic carbocycles.